The number of nitrogens with two attached hydrogens (primary N) is 1. The summed E-state index contributed by atoms with van der Waals surface area (Å²) >= 11 is 0. The lowest BCUT2D eigenvalue weighted by Crippen LogP contribution is -2.53. The third kappa shape index (κ3) is 8.23. The van der Waals surface area contributed by atoms with Gasteiger partial charge in [0.2, 0.25) is 5.91 Å². The minimum atomic E-state index is -0.530. The van der Waals surface area contributed by atoms with Gasteiger partial charge in [-0.3, -0.25) is 9.59 Å². The molecule has 7 heteroatoms. The van der Waals surface area contributed by atoms with Crippen molar-refractivity contribution in [2.45, 2.75) is 58.5 Å². The van der Waals surface area contributed by atoms with Crippen LogP contribution in [0.15, 0.2) is 24.3 Å². The molecule has 0 spiro atoms. The number of rotatable bonds is 10. The Bertz CT molecular complexity index is 616. The first-order valence-electron chi connectivity index (χ1n) is 10.6. The number of amides is 2. The zero-order valence-electron chi connectivity index (χ0n) is 17.8. The van der Waals surface area contributed by atoms with Crippen LogP contribution < -0.4 is 10.5 Å². The van der Waals surface area contributed by atoms with Gasteiger partial charge in [-0.15, -0.1) is 12.4 Å². The van der Waals surface area contributed by atoms with Gasteiger partial charge in [0, 0.05) is 32.6 Å². The van der Waals surface area contributed by atoms with Crippen LogP contribution in [0.1, 0.15) is 51.5 Å². The molecule has 1 heterocycles. The smallest absolute Gasteiger partial charge is 0.263 e. The van der Waals surface area contributed by atoms with Crippen LogP contribution in [0, 0.1) is 0 Å². The van der Waals surface area contributed by atoms with E-state index in [-0.39, 0.29) is 24.2 Å². The molecule has 0 aromatic heterocycles. The lowest BCUT2D eigenvalue weighted by molar-refractivity contribution is -0.143. The number of nitrogens with zero attached hydrogens (tertiary/aromatic N) is 2. The standard InChI is InChI=1S/C22H35N3O3.ClH/c1-3-19-9-11-20(12-10-19)28-18(2)22(27)25-16-14-24(15-17-25)21(26)8-6-4-5-7-13-23;/h9-12,18H,3-8,13-17,23H2,1-2H3;1H. The van der Waals surface area contributed by atoms with Gasteiger partial charge in [0.25, 0.3) is 5.91 Å². The molecule has 0 saturated carbocycles. The highest BCUT2D eigenvalue weighted by atomic mass is 35.5. The SMILES string of the molecule is CCc1ccc(OC(C)C(=O)N2CCN(C(=O)CCCCCCN)CC2)cc1.Cl. The van der Waals surface area contributed by atoms with Crippen LogP contribution in [-0.4, -0.2) is 60.4 Å². The second-order valence-corrected chi connectivity index (χ2v) is 7.42. The number of unbranched alkanes of at least 4 members (excludes halogenated alkanes) is 3. The first-order chi connectivity index (χ1) is 13.5. The normalized spacial score (nSPS) is 14.9. The lowest BCUT2D eigenvalue weighted by atomic mass is 10.1. The van der Waals surface area contributed by atoms with Crippen molar-refractivity contribution < 1.29 is 14.3 Å². The molecule has 2 rings (SSSR count). The zero-order valence-corrected chi connectivity index (χ0v) is 18.6. The van der Waals surface area contributed by atoms with Gasteiger partial charge in [-0.05, 0) is 50.4 Å². The Morgan fingerprint density at radius 3 is 2.17 bits per heavy atom. The van der Waals surface area contributed by atoms with Crippen LogP contribution in [0.2, 0.25) is 0 Å². The van der Waals surface area contributed by atoms with Crippen LogP contribution in [0.4, 0.5) is 0 Å². The van der Waals surface area contributed by atoms with Gasteiger partial charge in [0.15, 0.2) is 6.10 Å². The lowest BCUT2D eigenvalue weighted by Gasteiger charge is -2.36. The molecule has 2 amide bonds. The van der Waals surface area contributed by atoms with E-state index >= 15 is 0 Å². The van der Waals surface area contributed by atoms with Crippen molar-refractivity contribution in [2.75, 3.05) is 32.7 Å². The predicted octanol–water partition coefficient (Wildman–Crippen LogP) is 3.02. The van der Waals surface area contributed by atoms with Crippen LogP contribution >= 0.6 is 12.4 Å². The van der Waals surface area contributed by atoms with E-state index in [9.17, 15) is 9.59 Å². The largest absolute Gasteiger partial charge is 0.481 e. The Hall–Kier alpha value is -1.79. The molecule has 2 N–H and O–H groups in total. The summed E-state index contributed by atoms with van der Waals surface area (Å²) in [5, 5.41) is 0. The van der Waals surface area contributed by atoms with Gasteiger partial charge in [0.05, 0.1) is 0 Å². The number of hydrogen-bond donors (Lipinski definition) is 1. The van der Waals surface area contributed by atoms with Crippen molar-refractivity contribution in [1.29, 1.82) is 0 Å². The van der Waals surface area contributed by atoms with Crippen molar-refractivity contribution in [1.82, 2.24) is 9.80 Å². The fourth-order valence-electron chi connectivity index (χ4n) is 3.42. The predicted molar refractivity (Wildman–Crippen MR) is 118 cm³/mol. The number of carbonyl (C=O) groups excluding carboxylic acids is 2. The van der Waals surface area contributed by atoms with Crippen molar-refractivity contribution >= 4 is 24.2 Å². The average molecular weight is 426 g/mol. The molecule has 0 aliphatic carbocycles. The van der Waals surface area contributed by atoms with Crippen molar-refractivity contribution in [2.24, 2.45) is 5.73 Å². The summed E-state index contributed by atoms with van der Waals surface area (Å²) < 4.78 is 5.81. The monoisotopic (exact) mass is 425 g/mol. The van der Waals surface area contributed by atoms with E-state index < -0.39 is 6.10 Å². The molecular formula is C22H36ClN3O3. The molecule has 0 radical (unpaired) electrons. The summed E-state index contributed by atoms with van der Waals surface area (Å²) in [4.78, 5) is 28.6. The summed E-state index contributed by atoms with van der Waals surface area (Å²) in [6.45, 7) is 6.95. The third-order valence-electron chi connectivity index (χ3n) is 5.28. The third-order valence-corrected chi connectivity index (χ3v) is 5.28. The maximum absolute atomic E-state index is 12.7. The molecule has 1 aliphatic heterocycles. The van der Waals surface area contributed by atoms with Crippen molar-refractivity contribution in [3.63, 3.8) is 0 Å². The molecule has 6 nitrogen and oxygen atoms in total. The van der Waals surface area contributed by atoms with Gasteiger partial charge in [-0.25, -0.2) is 0 Å². The van der Waals surface area contributed by atoms with Crippen molar-refractivity contribution in [3.05, 3.63) is 29.8 Å². The van der Waals surface area contributed by atoms with Crippen LogP contribution in [0.3, 0.4) is 0 Å². The van der Waals surface area contributed by atoms with Gasteiger partial charge in [-0.1, -0.05) is 31.9 Å². The van der Waals surface area contributed by atoms with Crippen molar-refractivity contribution in [3.8, 4) is 5.75 Å². The summed E-state index contributed by atoms with van der Waals surface area (Å²) in [5.74, 6) is 0.884. The fraction of sp³-hybridized carbons (Fsp3) is 0.636. The molecule has 1 unspecified atom stereocenters. The van der Waals surface area contributed by atoms with E-state index in [2.05, 4.69) is 6.92 Å². The Kier molecular flexibility index (Phi) is 11.7. The number of aryl methyl sites for hydroxylation is 1. The minimum absolute atomic E-state index is 0. The summed E-state index contributed by atoms with van der Waals surface area (Å²) in [7, 11) is 0. The minimum Gasteiger partial charge on any atom is -0.481 e. The van der Waals surface area contributed by atoms with E-state index in [1.165, 1.54) is 5.56 Å². The zero-order chi connectivity index (χ0) is 20.4. The van der Waals surface area contributed by atoms with Gasteiger partial charge >= 0.3 is 0 Å². The highest BCUT2D eigenvalue weighted by Crippen LogP contribution is 2.16. The van der Waals surface area contributed by atoms with Gasteiger partial charge < -0.3 is 20.3 Å². The molecule has 1 atom stereocenters. The highest BCUT2D eigenvalue weighted by molar-refractivity contribution is 5.85. The number of carbonyl (C=O) groups is 2. The van der Waals surface area contributed by atoms with E-state index in [1.54, 1.807) is 11.8 Å². The number of ether oxygens (including phenoxy) is 1. The Morgan fingerprint density at radius 1 is 1.00 bits per heavy atom. The number of hydrogen-bond acceptors (Lipinski definition) is 4. The molecule has 1 saturated heterocycles. The first kappa shape index (κ1) is 25.2. The molecule has 0 bridgehead atoms. The molecule has 1 aliphatic rings. The Morgan fingerprint density at radius 2 is 1.59 bits per heavy atom. The molecule has 1 aromatic rings. The number of benzene rings is 1. The van der Waals surface area contributed by atoms with Gasteiger partial charge in [0.1, 0.15) is 5.75 Å². The van der Waals surface area contributed by atoms with E-state index in [4.69, 9.17) is 10.5 Å². The second kappa shape index (κ2) is 13.4. The first-order valence-corrected chi connectivity index (χ1v) is 10.6. The average Bonchev–Trinajstić information content (AvgIpc) is 2.73. The number of halogens is 1. The fourth-order valence-corrected chi connectivity index (χ4v) is 3.42. The maximum atomic E-state index is 12.7. The van der Waals surface area contributed by atoms with E-state index in [0.29, 0.717) is 38.3 Å². The van der Waals surface area contributed by atoms with Crippen LogP contribution in [0.25, 0.3) is 0 Å². The Labute approximate surface area is 181 Å². The molecule has 164 valence electrons. The van der Waals surface area contributed by atoms with E-state index in [0.717, 1.165) is 38.6 Å². The molecular weight excluding hydrogens is 390 g/mol. The summed E-state index contributed by atoms with van der Waals surface area (Å²) in [6.07, 6.45) is 5.12. The Balaban J connectivity index is 0.00000420. The van der Waals surface area contributed by atoms with Gasteiger partial charge in [-0.2, -0.15) is 0 Å². The summed E-state index contributed by atoms with van der Waals surface area (Å²) in [5.41, 5.74) is 6.73. The number of piperazine rings is 1. The van der Waals surface area contributed by atoms with Crippen LogP contribution in [0.5, 0.6) is 5.75 Å². The topological polar surface area (TPSA) is 75.9 Å². The quantitative estimate of drug-likeness (QED) is 0.584. The molecule has 29 heavy (non-hydrogen) atoms. The summed E-state index contributed by atoms with van der Waals surface area (Å²) in [6, 6.07) is 7.86. The second-order valence-electron chi connectivity index (χ2n) is 7.42. The molecule has 1 aromatic carbocycles. The van der Waals surface area contributed by atoms with E-state index in [1.807, 2.05) is 29.2 Å². The van der Waals surface area contributed by atoms with Crippen LogP contribution in [-0.2, 0) is 16.0 Å². The highest BCUT2D eigenvalue weighted by Gasteiger charge is 2.27. The molecule has 1 fully saturated rings. The maximum Gasteiger partial charge on any atom is 0.263 e.